The van der Waals surface area contributed by atoms with Gasteiger partial charge in [0.05, 0.1) is 0 Å². The molecule has 0 saturated carbocycles. The lowest BCUT2D eigenvalue weighted by atomic mass is 10.0. The van der Waals surface area contributed by atoms with Crippen LogP contribution in [0, 0.1) is 0 Å². The summed E-state index contributed by atoms with van der Waals surface area (Å²) >= 11 is 0. The topological polar surface area (TPSA) is 25.2 Å². The van der Waals surface area contributed by atoms with Gasteiger partial charge in [-0.3, -0.25) is 0 Å². The molecule has 2 heterocycles. The van der Waals surface area contributed by atoms with Gasteiger partial charge in [-0.15, -0.1) is 0 Å². The lowest BCUT2D eigenvalue weighted by Crippen LogP contribution is -2.27. The maximum atomic E-state index is 5.88. The number of rotatable bonds is 0. The standard InChI is InChI=1S/C13H15NO/c1-9-8-11-10-4-2-3-5-12(10)15-13(11)6-7-14-9/h2-5,9,14H,6-8H2,1H3. The molecular weight excluding hydrogens is 186 g/mol. The highest BCUT2D eigenvalue weighted by Gasteiger charge is 2.18. The maximum Gasteiger partial charge on any atom is 0.134 e. The fourth-order valence-corrected chi connectivity index (χ4v) is 2.39. The van der Waals surface area contributed by atoms with E-state index in [1.165, 1.54) is 16.7 Å². The van der Waals surface area contributed by atoms with E-state index in [4.69, 9.17) is 4.42 Å². The van der Waals surface area contributed by atoms with Crippen LogP contribution in [0.25, 0.3) is 11.0 Å². The van der Waals surface area contributed by atoms with Gasteiger partial charge >= 0.3 is 0 Å². The molecule has 0 bridgehead atoms. The van der Waals surface area contributed by atoms with E-state index >= 15 is 0 Å². The minimum absolute atomic E-state index is 0.548. The van der Waals surface area contributed by atoms with Crippen LogP contribution in [-0.4, -0.2) is 12.6 Å². The summed E-state index contributed by atoms with van der Waals surface area (Å²) in [5.41, 5.74) is 2.44. The normalized spacial score (nSPS) is 21.3. The number of nitrogens with one attached hydrogen (secondary N) is 1. The summed E-state index contributed by atoms with van der Waals surface area (Å²) in [5, 5.41) is 4.78. The van der Waals surface area contributed by atoms with Gasteiger partial charge in [0.1, 0.15) is 11.3 Å². The molecule has 2 heteroatoms. The van der Waals surface area contributed by atoms with Crippen LogP contribution in [0.1, 0.15) is 18.2 Å². The number of benzene rings is 1. The second kappa shape index (κ2) is 3.38. The van der Waals surface area contributed by atoms with E-state index in [0.29, 0.717) is 6.04 Å². The number of para-hydroxylation sites is 1. The molecule has 3 rings (SSSR count). The molecule has 15 heavy (non-hydrogen) atoms. The Kier molecular flexibility index (Phi) is 2.03. The van der Waals surface area contributed by atoms with E-state index in [1.807, 2.05) is 6.07 Å². The van der Waals surface area contributed by atoms with Gasteiger partial charge in [-0.05, 0) is 19.4 Å². The Hall–Kier alpha value is -1.28. The quantitative estimate of drug-likeness (QED) is 0.708. The number of furan rings is 1. The van der Waals surface area contributed by atoms with Gasteiger partial charge in [0.25, 0.3) is 0 Å². The molecule has 1 aromatic heterocycles. The van der Waals surface area contributed by atoms with Crippen molar-refractivity contribution in [2.24, 2.45) is 0 Å². The van der Waals surface area contributed by atoms with Gasteiger partial charge in [-0.25, -0.2) is 0 Å². The van der Waals surface area contributed by atoms with Crippen LogP contribution < -0.4 is 5.32 Å². The summed E-state index contributed by atoms with van der Waals surface area (Å²) in [5.74, 6) is 1.17. The fraction of sp³-hybridized carbons (Fsp3) is 0.385. The van der Waals surface area contributed by atoms with Crippen LogP contribution in [0.5, 0.6) is 0 Å². The molecule has 78 valence electrons. The predicted molar refractivity (Wildman–Crippen MR) is 61.1 cm³/mol. The van der Waals surface area contributed by atoms with Crippen LogP contribution in [0.3, 0.4) is 0 Å². The van der Waals surface area contributed by atoms with E-state index in [0.717, 1.165) is 25.0 Å². The molecule has 1 atom stereocenters. The molecule has 2 aromatic rings. The first-order valence-electron chi connectivity index (χ1n) is 5.57. The highest BCUT2D eigenvalue weighted by molar-refractivity contribution is 5.82. The van der Waals surface area contributed by atoms with Gasteiger partial charge in [-0.2, -0.15) is 0 Å². The Morgan fingerprint density at radius 2 is 2.20 bits per heavy atom. The second-order valence-electron chi connectivity index (χ2n) is 4.31. The first kappa shape index (κ1) is 8.98. The minimum Gasteiger partial charge on any atom is -0.461 e. The van der Waals surface area contributed by atoms with Gasteiger partial charge in [-0.1, -0.05) is 18.2 Å². The average Bonchev–Trinajstić information content (AvgIpc) is 2.47. The van der Waals surface area contributed by atoms with Gasteiger partial charge < -0.3 is 9.73 Å². The Balaban J connectivity index is 2.20. The smallest absolute Gasteiger partial charge is 0.134 e. The molecule has 1 aliphatic rings. The van der Waals surface area contributed by atoms with Crippen LogP contribution in [0.2, 0.25) is 0 Å². The van der Waals surface area contributed by atoms with E-state index in [2.05, 4.69) is 30.4 Å². The molecule has 0 radical (unpaired) electrons. The third kappa shape index (κ3) is 1.45. The molecule has 0 amide bonds. The fourth-order valence-electron chi connectivity index (χ4n) is 2.39. The Morgan fingerprint density at radius 3 is 3.13 bits per heavy atom. The predicted octanol–water partition coefficient (Wildman–Crippen LogP) is 2.51. The number of fused-ring (bicyclic) bond motifs is 3. The third-order valence-corrected chi connectivity index (χ3v) is 3.14. The molecule has 1 aromatic carbocycles. The van der Waals surface area contributed by atoms with Gasteiger partial charge in [0.2, 0.25) is 0 Å². The van der Waals surface area contributed by atoms with Crippen molar-refractivity contribution in [1.29, 1.82) is 0 Å². The first-order chi connectivity index (χ1) is 7.34. The van der Waals surface area contributed by atoms with E-state index in [1.54, 1.807) is 0 Å². The zero-order valence-corrected chi connectivity index (χ0v) is 8.92. The van der Waals surface area contributed by atoms with E-state index in [9.17, 15) is 0 Å². The molecule has 0 aliphatic carbocycles. The largest absolute Gasteiger partial charge is 0.461 e. The number of hydrogen-bond acceptors (Lipinski definition) is 2. The molecular formula is C13H15NO. The molecule has 0 saturated heterocycles. The van der Waals surface area contributed by atoms with Gasteiger partial charge in [0, 0.05) is 30.0 Å². The van der Waals surface area contributed by atoms with E-state index < -0.39 is 0 Å². The average molecular weight is 201 g/mol. The summed E-state index contributed by atoms with van der Waals surface area (Å²) in [6, 6.07) is 8.89. The number of hydrogen-bond donors (Lipinski definition) is 1. The van der Waals surface area contributed by atoms with Crippen molar-refractivity contribution >= 4 is 11.0 Å². The van der Waals surface area contributed by atoms with Crippen molar-refractivity contribution in [2.45, 2.75) is 25.8 Å². The molecule has 0 spiro atoms. The maximum absolute atomic E-state index is 5.88. The lowest BCUT2D eigenvalue weighted by molar-refractivity contribution is 0.531. The highest BCUT2D eigenvalue weighted by atomic mass is 16.3. The SMILES string of the molecule is CC1Cc2c(oc3ccccc23)CCN1. The van der Waals surface area contributed by atoms with Crippen molar-refractivity contribution < 1.29 is 4.42 Å². The van der Waals surface area contributed by atoms with E-state index in [-0.39, 0.29) is 0 Å². The highest BCUT2D eigenvalue weighted by Crippen LogP contribution is 2.28. The molecule has 1 aliphatic heterocycles. The summed E-state index contributed by atoms with van der Waals surface area (Å²) < 4.78 is 5.88. The molecule has 0 fully saturated rings. The van der Waals surface area contributed by atoms with Crippen molar-refractivity contribution in [1.82, 2.24) is 5.32 Å². The lowest BCUT2D eigenvalue weighted by Gasteiger charge is -2.08. The van der Waals surface area contributed by atoms with Crippen molar-refractivity contribution in [2.75, 3.05) is 6.54 Å². The van der Waals surface area contributed by atoms with Crippen molar-refractivity contribution in [3.63, 3.8) is 0 Å². The van der Waals surface area contributed by atoms with Crippen molar-refractivity contribution in [3.8, 4) is 0 Å². The van der Waals surface area contributed by atoms with Crippen LogP contribution >= 0.6 is 0 Å². The molecule has 2 nitrogen and oxygen atoms in total. The zero-order valence-electron chi connectivity index (χ0n) is 8.92. The molecule has 1 unspecified atom stereocenters. The summed E-state index contributed by atoms with van der Waals surface area (Å²) in [4.78, 5) is 0. The van der Waals surface area contributed by atoms with Crippen molar-refractivity contribution in [3.05, 3.63) is 35.6 Å². The van der Waals surface area contributed by atoms with Crippen LogP contribution in [0.15, 0.2) is 28.7 Å². The Labute approximate surface area is 89.3 Å². The zero-order chi connectivity index (χ0) is 10.3. The second-order valence-corrected chi connectivity index (χ2v) is 4.31. The monoisotopic (exact) mass is 201 g/mol. The third-order valence-electron chi connectivity index (χ3n) is 3.14. The van der Waals surface area contributed by atoms with Crippen LogP contribution in [-0.2, 0) is 12.8 Å². The molecule has 1 N–H and O–H groups in total. The Bertz CT molecular complexity index is 486. The van der Waals surface area contributed by atoms with Gasteiger partial charge in [0.15, 0.2) is 0 Å². The summed E-state index contributed by atoms with van der Waals surface area (Å²) in [7, 11) is 0. The Morgan fingerprint density at radius 1 is 1.33 bits per heavy atom. The summed E-state index contributed by atoms with van der Waals surface area (Å²) in [6.07, 6.45) is 2.08. The minimum atomic E-state index is 0.548. The first-order valence-corrected chi connectivity index (χ1v) is 5.57. The summed E-state index contributed by atoms with van der Waals surface area (Å²) in [6.45, 7) is 3.25. The van der Waals surface area contributed by atoms with Crippen LogP contribution in [0.4, 0.5) is 0 Å².